The van der Waals surface area contributed by atoms with Crippen molar-refractivity contribution in [3.8, 4) is 0 Å². The fraction of sp³-hybridized carbons (Fsp3) is 0.400. The predicted octanol–water partition coefficient (Wildman–Crippen LogP) is 1.18. The second kappa shape index (κ2) is 3.29. The Balaban J connectivity index is 2.26. The summed E-state index contributed by atoms with van der Waals surface area (Å²) in [5.41, 5.74) is 6.15. The molecule has 1 saturated carbocycles. The highest BCUT2D eigenvalue weighted by Crippen LogP contribution is 2.30. The molecular formula is C10H13N3O. The SMILES string of the molecule is CC(=O)N(c1ccc(N)cn1)C1CC1. The van der Waals surface area contributed by atoms with E-state index in [-0.39, 0.29) is 5.91 Å². The van der Waals surface area contributed by atoms with Crippen molar-refractivity contribution in [1.29, 1.82) is 0 Å². The van der Waals surface area contributed by atoms with Crippen LogP contribution in [0, 0.1) is 0 Å². The lowest BCUT2D eigenvalue weighted by Gasteiger charge is -2.19. The molecule has 0 bridgehead atoms. The van der Waals surface area contributed by atoms with Crippen LogP contribution in [0.4, 0.5) is 11.5 Å². The highest BCUT2D eigenvalue weighted by Gasteiger charge is 2.32. The van der Waals surface area contributed by atoms with Gasteiger partial charge in [0, 0.05) is 13.0 Å². The van der Waals surface area contributed by atoms with E-state index < -0.39 is 0 Å². The first-order chi connectivity index (χ1) is 6.68. The first kappa shape index (κ1) is 8.99. The van der Waals surface area contributed by atoms with E-state index in [0.29, 0.717) is 17.5 Å². The van der Waals surface area contributed by atoms with E-state index in [1.54, 1.807) is 30.2 Å². The molecule has 1 aliphatic carbocycles. The van der Waals surface area contributed by atoms with Gasteiger partial charge in [-0.2, -0.15) is 0 Å². The maximum Gasteiger partial charge on any atom is 0.225 e. The molecule has 0 aliphatic heterocycles. The first-order valence-electron chi connectivity index (χ1n) is 4.70. The van der Waals surface area contributed by atoms with E-state index >= 15 is 0 Å². The molecule has 0 spiro atoms. The smallest absolute Gasteiger partial charge is 0.225 e. The van der Waals surface area contributed by atoms with Crippen molar-refractivity contribution in [2.75, 3.05) is 10.6 Å². The van der Waals surface area contributed by atoms with E-state index in [1.165, 1.54) is 0 Å². The zero-order valence-electron chi connectivity index (χ0n) is 8.10. The summed E-state index contributed by atoms with van der Waals surface area (Å²) < 4.78 is 0. The topological polar surface area (TPSA) is 59.2 Å². The molecule has 1 aliphatic rings. The summed E-state index contributed by atoms with van der Waals surface area (Å²) in [6, 6.07) is 3.90. The Kier molecular flexibility index (Phi) is 2.11. The van der Waals surface area contributed by atoms with Crippen LogP contribution in [0.1, 0.15) is 19.8 Å². The van der Waals surface area contributed by atoms with Crippen LogP contribution in [0.25, 0.3) is 0 Å². The second-order valence-corrected chi connectivity index (χ2v) is 3.57. The van der Waals surface area contributed by atoms with Gasteiger partial charge in [-0.25, -0.2) is 4.98 Å². The number of carbonyl (C=O) groups excluding carboxylic acids is 1. The second-order valence-electron chi connectivity index (χ2n) is 3.57. The Labute approximate surface area is 82.7 Å². The summed E-state index contributed by atoms with van der Waals surface area (Å²) >= 11 is 0. The standard InChI is InChI=1S/C10H13N3O/c1-7(14)13(9-3-4-9)10-5-2-8(11)6-12-10/h2,5-6,9H,3-4,11H2,1H3. The summed E-state index contributed by atoms with van der Waals surface area (Å²) in [4.78, 5) is 17.2. The van der Waals surface area contributed by atoms with Crippen LogP contribution in [0.3, 0.4) is 0 Å². The van der Waals surface area contributed by atoms with Gasteiger partial charge in [-0.3, -0.25) is 9.69 Å². The minimum Gasteiger partial charge on any atom is -0.397 e. The van der Waals surface area contributed by atoms with Crippen molar-refractivity contribution in [2.45, 2.75) is 25.8 Å². The molecule has 2 rings (SSSR count). The number of rotatable bonds is 2. The van der Waals surface area contributed by atoms with Gasteiger partial charge in [-0.15, -0.1) is 0 Å². The third-order valence-electron chi connectivity index (χ3n) is 2.27. The fourth-order valence-electron chi connectivity index (χ4n) is 1.48. The summed E-state index contributed by atoms with van der Waals surface area (Å²) in [5, 5.41) is 0. The van der Waals surface area contributed by atoms with E-state index in [2.05, 4.69) is 4.98 Å². The number of pyridine rings is 1. The van der Waals surface area contributed by atoms with Crippen LogP contribution < -0.4 is 10.6 Å². The van der Waals surface area contributed by atoms with Crippen molar-refractivity contribution < 1.29 is 4.79 Å². The number of hydrogen-bond donors (Lipinski definition) is 1. The van der Waals surface area contributed by atoms with Crippen molar-refractivity contribution in [2.24, 2.45) is 0 Å². The molecule has 4 heteroatoms. The lowest BCUT2D eigenvalue weighted by molar-refractivity contribution is -0.116. The molecule has 0 saturated heterocycles. The van der Waals surface area contributed by atoms with Crippen LogP contribution in [0.15, 0.2) is 18.3 Å². The summed E-state index contributed by atoms with van der Waals surface area (Å²) in [5.74, 6) is 0.749. The molecule has 1 aromatic rings. The number of anilines is 2. The van der Waals surface area contributed by atoms with Crippen molar-refractivity contribution in [3.63, 3.8) is 0 Å². The molecule has 1 fully saturated rings. The van der Waals surface area contributed by atoms with Crippen LogP contribution in [-0.2, 0) is 4.79 Å². The Morgan fingerprint density at radius 1 is 1.57 bits per heavy atom. The molecule has 2 N–H and O–H groups in total. The van der Waals surface area contributed by atoms with E-state index in [4.69, 9.17) is 5.73 Å². The predicted molar refractivity (Wildman–Crippen MR) is 54.8 cm³/mol. The maximum atomic E-state index is 11.4. The van der Waals surface area contributed by atoms with E-state index in [0.717, 1.165) is 12.8 Å². The highest BCUT2D eigenvalue weighted by molar-refractivity contribution is 5.91. The number of nitrogens with zero attached hydrogens (tertiary/aromatic N) is 2. The van der Waals surface area contributed by atoms with Gasteiger partial charge in [0.05, 0.1) is 11.9 Å². The normalized spacial score (nSPS) is 15.2. The molecular weight excluding hydrogens is 178 g/mol. The van der Waals surface area contributed by atoms with Crippen molar-refractivity contribution in [1.82, 2.24) is 4.98 Å². The Bertz CT molecular complexity index is 343. The number of hydrogen-bond acceptors (Lipinski definition) is 3. The number of carbonyl (C=O) groups is 1. The van der Waals surface area contributed by atoms with Crippen molar-refractivity contribution >= 4 is 17.4 Å². The molecule has 0 atom stereocenters. The highest BCUT2D eigenvalue weighted by atomic mass is 16.2. The molecule has 14 heavy (non-hydrogen) atoms. The van der Waals surface area contributed by atoms with Crippen LogP contribution in [0.5, 0.6) is 0 Å². The lowest BCUT2D eigenvalue weighted by atomic mass is 10.3. The lowest BCUT2D eigenvalue weighted by Crippen LogP contribution is -2.31. The minimum absolute atomic E-state index is 0.0461. The van der Waals surface area contributed by atoms with Gasteiger partial charge < -0.3 is 5.73 Å². The molecule has 0 radical (unpaired) electrons. The zero-order valence-corrected chi connectivity index (χ0v) is 8.10. The molecule has 4 nitrogen and oxygen atoms in total. The third-order valence-corrected chi connectivity index (χ3v) is 2.27. The summed E-state index contributed by atoms with van der Waals surface area (Å²) in [6.45, 7) is 1.57. The first-order valence-corrected chi connectivity index (χ1v) is 4.70. The minimum atomic E-state index is 0.0461. The van der Waals surface area contributed by atoms with Crippen LogP contribution in [0.2, 0.25) is 0 Å². The molecule has 1 heterocycles. The third kappa shape index (κ3) is 1.69. The largest absolute Gasteiger partial charge is 0.397 e. The molecule has 1 aromatic heterocycles. The molecule has 74 valence electrons. The number of amides is 1. The average molecular weight is 191 g/mol. The van der Waals surface area contributed by atoms with Gasteiger partial charge in [0.2, 0.25) is 5.91 Å². The van der Waals surface area contributed by atoms with Gasteiger partial charge >= 0.3 is 0 Å². The van der Waals surface area contributed by atoms with E-state index in [9.17, 15) is 4.79 Å². The maximum absolute atomic E-state index is 11.4. The van der Waals surface area contributed by atoms with Crippen LogP contribution >= 0.6 is 0 Å². The zero-order chi connectivity index (χ0) is 10.1. The van der Waals surface area contributed by atoms with Gasteiger partial charge in [0.1, 0.15) is 5.82 Å². The molecule has 0 unspecified atom stereocenters. The van der Waals surface area contributed by atoms with E-state index in [1.807, 2.05) is 0 Å². The van der Waals surface area contributed by atoms with Gasteiger partial charge in [0.25, 0.3) is 0 Å². The fourth-order valence-corrected chi connectivity index (χ4v) is 1.48. The number of nitrogen functional groups attached to an aromatic ring is 1. The monoisotopic (exact) mass is 191 g/mol. The quantitative estimate of drug-likeness (QED) is 0.763. The van der Waals surface area contributed by atoms with Gasteiger partial charge in [-0.05, 0) is 25.0 Å². The van der Waals surface area contributed by atoms with Crippen LogP contribution in [-0.4, -0.2) is 16.9 Å². The Morgan fingerprint density at radius 2 is 2.29 bits per heavy atom. The molecule has 0 aromatic carbocycles. The summed E-state index contributed by atoms with van der Waals surface area (Å²) in [6.07, 6.45) is 3.73. The number of aromatic nitrogens is 1. The average Bonchev–Trinajstić information content (AvgIpc) is 2.92. The summed E-state index contributed by atoms with van der Waals surface area (Å²) in [7, 11) is 0. The van der Waals surface area contributed by atoms with Gasteiger partial charge in [0.15, 0.2) is 0 Å². The van der Waals surface area contributed by atoms with Gasteiger partial charge in [-0.1, -0.05) is 0 Å². The number of nitrogens with two attached hydrogens (primary N) is 1. The van der Waals surface area contributed by atoms with Crippen molar-refractivity contribution in [3.05, 3.63) is 18.3 Å². The molecule has 1 amide bonds. The Morgan fingerprint density at radius 3 is 2.71 bits per heavy atom. The Hall–Kier alpha value is -1.58.